The summed E-state index contributed by atoms with van der Waals surface area (Å²) in [5.74, 6) is 6.93. The van der Waals surface area contributed by atoms with Crippen molar-refractivity contribution in [2.75, 3.05) is 6.61 Å². The maximum atomic E-state index is 15.2. The Labute approximate surface area is 354 Å². The Kier molecular flexibility index (Phi) is 12.3. The summed E-state index contributed by atoms with van der Waals surface area (Å²) in [7, 11) is 0. The normalized spacial score (nSPS) is 39.2. The lowest BCUT2D eigenvalue weighted by Crippen LogP contribution is -2.79. The van der Waals surface area contributed by atoms with E-state index in [0.717, 1.165) is 102 Å². The van der Waals surface area contributed by atoms with Gasteiger partial charge in [-0.15, -0.1) is 5.92 Å². The Hall–Kier alpha value is -2.66. The maximum Gasteiger partial charge on any atom is 0.331 e. The second kappa shape index (κ2) is 16.9. The molecule has 0 aromatic heterocycles. The van der Waals surface area contributed by atoms with E-state index in [9.17, 15) is 20.1 Å². The van der Waals surface area contributed by atoms with Crippen molar-refractivity contribution in [2.24, 2.45) is 44.8 Å². The molecule has 7 nitrogen and oxygen atoms in total. The number of fused-ring (bicyclic) bond motifs is 4. The summed E-state index contributed by atoms with van der Waals surface area (Å²) in [4.78, 5) is 27.6. The minimum Gasteiger partial charge on any atom is -0.462 e. The number of cyclic esters (lactones) is 1. The fourth-order valence-electron chi connectivity index (χ4n) is 15.0. The van der Waals surface area contributed by atoms with E-state index in [1.54, 1.807) is 6.08 Å². The Morgan fingerprint density at radius 1 is 0.881 bits per heavy atom. The van der Waals surface area contributed by atoms with Crippen molar-refractivity contribution < 1.29 is 34.4 Å². The minimum absolute atomic E-state index is 0.134. The summed E-state index contributed by atoms with van der Waals surface area (Å²) < 4.78 is 12.5. The monoisotopic (exact) mass is 811 g/mol. The molecule has 7 aliphatic rings. The summed E-state index contributed by atoms with van der Waals surface area (Å²) in [6, 6.07) is 10.6. The van der Waals surface area contributed by atoms with Crippen molar-refractivity contribution in [3.8, 4) is 11.8 Å². The fraction of sp³-hybridized carbons (Fsp3) is 0.769. The van der Waals surface area contributed by atoms with Crippen LogP contribution in [0.4, 0.5) is 0 Å². The third kappa shape index (κ3) is 7.66. The van der Waals surface area contributed by atoms with Crippen LogP contribution in [0.3, 0.4) is 0 Å². The standard InChI is InChI=1S/C52H74O7/c1-37(15-12-18-38-16-6-4-7-17-38)21-22-42(53)52-43(54)24-31-48(3,40-19-8-5-9-20-40)45(52)41-34-47(2,51(52,57)32-23-39-33-44(55)58-35-39)25-13-29-50(46(56)59-41)30-14-28-49(36-50)26-10-11-27-49/h4,6-7,16-17,33,37,40-43,45,53-54,57H,5,8-12,14-15,18-24,26-32,34-36H2,1-3H3. The highest BCUT2D eigenvalue weighted by Crippen LogP contribution is 2.72. The van der Waals surface area contributed by atoms with Crippen LogP contribution in [0.5, 0.6) is 0 Å². The molecule has 0 saturated heterocycles. The van der Waals surface area contributed by atoms with Crippen molar-refractivity contribution in [3.05, 3.63) is 47.5 Å². The number of carbonyl (C=O) groups is 2. The smallest absolute Gasteiger partial charge is 0.331 e. The summed E-state index contributed by atoms with van der Waals surface area (Å²) in [5, 5.41) is 40.6. The molecule has 2 aliphatic heterocycles. The van der Waals surface area contributed by atoms with E-state index in [2.05, 4.69) is 56.0 Å². The molecular weight excluding hydrogens is 737 g/mol. The average molecular weight is 811 g/mol. The lowest BCUT2D eigenvalue weighted by atomic mass is 9.35. The molecule has 3 N–H and O–H groups in total. The molecule has 8 rings (SSSR count). The van der Waals surface area contributed by atoms with Crippen LogP contribution in [-0.4, -0.2) is 57.8 Å². The van der Waals surface area contributed by atoms with Gasteiger partial charge in [-0.25, -0.2) is 4.79 Å². The van der Waals surface area contributed by atoms with Crippen LogP contribution in [0.15, 0.2) is 42.0 Å². The highest BCUT2D eigenvalue weighted by Gasteiger charge is 2.78. The van der Waals surface area contributed by atoms with Crippen molar-refractivity contribution in [2.45, 2.75) is 199 Å². The summed E-state index contributed by atoms with van der Waals surface area (Å²) in [6.45, 7) is 6.83. The Morgan fingerprint density at radius 2 is 1.63 bits per heavy atom. The first-order valence-corrected chi connectivity index (χ1v) is 24.0. The molecule has 2 heterocycles. The third-order valence-electron chi connectivity index (χ3n) is 18.1. The molecule has 1 aromatic carbocycles. The van der Waals surface area contributed by atoms with Gasteiger partial charge in [0.1, 0.15) is 12.7 Å². The van der Waals surface area contributed by atoms with Crippen molar-refractivity contribution in [3.63, 3.8) is 0 Å². The number of aliphatic hydroxyl groups is 3. The van der Waals surface area contributed by atoms with Crippen LogP contribution in [0, 0.1) is 56.7 Å². The lowest BCUT2D eigenvalue weighted by Gasteiger charge is -2.72. The number of aliphatic hydroxyl groups excluding tert-OH is 2. The summed E-state index contributed by atoms with van der Waals surface area (Å²) >= 11 is 0. The van der Waals surface area contributed by atoms with Gasteiger partial charge in [-0.2, -0.15) is 0 Å². The molecule has 2 bridgehead atoms. The molecule has 0 amide bonds. The molecule has 5 aliphatic carbocycles. The van der Waals surface area contributed by atoms with E-state index in [1.165, 1.54) is 24.8 Å². The van der Waals surface area contributed by atoms with E-state index in [4.69, 9.17) is 9.47 Å². The largest absolute Gasteiger partial charge is 0.462 e. The van der Waals surface area contributed by atoms with Crippen molar-refractivity contribution in [1.82, 2.24) is 0 Å². The van der Waals surface area contributed by atoms with Crippen LogP contribution in [0.2, 0.25) is 0 Å². The van der Waals surface area contributed by atoms with Gasteiger partial charge in [0.2, 0.25) is 0 Å². The highest BCUT2D eigenvalue weighted by molar-refractivity contribution is 5.85. The topological polar surface area (TPSA) is 113 Å². The van der Waals surface area contributed by atoms with E-state index in [0.29, 0.717) is 43.9 Å². The van der Waals surface area contributed by atoms with Gasteiger partial charge in [0.25, 0.3) is 0 Å². The third-order valence-corrected chi connectivity index (χ3v) is 18.1. The van der Waals surface area contributed by atoms with Gasteiger partial charge >= 0.3 is 11.9 Å². The highest BCUT2D eigenvalue weighted by atomic mass is 16.5. The maximum absolute atomic E-state index is 15.2. The number of carbonyl (C=O) groups excluding carboxylic acids is 2. The Morgan fingerprint density at radius 3 is 2.36 bits per heavy atom. The zero-order valence-corrected chi connectivity index (χ0v) is 36.6. The summed E-state index contributed by atoms with van der Waals surface area (Å²) in [6.07, 6.45) is 19.7. The Bertz CT molecular complexity index is 1760. The molecule has 59 heavy (non-hydrogen) atoms. The van der Waals surface area contributed by atoms with Crippen molar-refractivity contribution in [1.29, 1.82) is 0 Å². The van der Waals surface area contributed by atoms with Gasteiger partial charge < -0.3 is 24.8 Å². The van der Waals surface area contributed by atoms with Crippen molar-refractivity contribution >= 4 is 11.9 Å². The lowest BCUT2D eigenvalue weighted by molar-refractivity contribution is -0.339. The second-order valence-corrected chi connectivity index (χ2v) is 21.6. The molecule has 5 fully saturated rings. The first-order chi connectivity index (χ1) is 28.3. The van der Waals surface area contributed by atoms with E-state index < -0.39 is 51.5 Å². The quantitative estimate of drug-likeness (QED) is 0.142. The van der Waals surface area contributed by atoms with Gasteiger partial charge in [0.05, 0.1) is 34.1 Å². The summed E-state index contributed by atoms with van der Waals surface area (Å²) in [5.41, 5.74) is -3.01. The number of hydrogen-bond donors (Lipinski definition) is 3. The van der Waals surface area contributed by atoms with Crippen LogP contribution in [-0.2, 0) is 25.5 Å². The number of benzene rings is 1. The fourth-order valence-corrected chi connectivity index (χ4v) is 15.0. The van der Waals surface area contributed by atoms with Gasteiger partial charge in [-0.05, 0) is 137 Å². The molecular formula is C52H74O7. The van der Waals surface area contributed by atoms with Crippen LogP contribution < -0.4 is 0 Å². The molecule has 1 aromatic rings. The second-order valence-electron chi connectivity index (χ2n) is 21.6. The van der Waals surface area contributed by atoms with Crippen LogP contribution in [0.1, 0.15) is 174 Å². The predicted octanol–water partition coefficient (Wildman–Crippen LogP) is 9.97. The first-order valence-electron chi connectivity index (χ1n) is 24.0. The number of aryl methyl sites for hydroxylation is 1. The molecule has 2 spiro atoms. The Balaban J connectivity index is 1.22. The molecule has 324 valence electrons. The SMILES string of the molecule is CC(CCCc1ccccc1)CCC(O)C12C(O)CCC(C)(C3CCCCC3)C1C1CC(C)(C#CCC3(CCCC4(CCCC4)C3)C(=O)O1)C2(O)CCC1=CC(=O)OC1. The number of hydrogen-bond acceptors (Lipinski definition) is 7. The van der Waals surface area contributed by atoms with Gasteiger partial charge in [-0.1, -0.05) is 95.0 Å². The van der Waals surface area contributed by atoms with E-state index in [1.807, 2.05) is 6.92 Å². The molecule has 0 radical (unpaired) electrons. The predicted molar refractivity (Wildman–Crippen MR) is 230 cm³/mol. The van der Waals surface area contributed by atoms with Gasteiger partial charge in [0.15, 0.2) is 0 Å². The minimum atomic E-state index is -1.67. The average Bonchev–Trinajstić information content (AvgIpc) is 3.88. The molecule has 10 unspecified atom stereocenters. The van der Waals surface area contributed by atoms with Crippen LogP contribution >= 0.6 is 0 Å². The molecule has 10 atom stereocenters. The zero-order valence-electron chi connectivity index (χ0n) is 36.6. The van der Waals surface area contributed by atoms with E-state index in [-0.39, 0.29) is 30.4 Å². The molecule has 7 heteroatoms. The van der Waals surface area contributed by atoms with E-state index >= 15 is 4.79 Å². The zero-order chi connectivity index (χ0) is 41.5. The number of rotatable bonds is 12. The molecule has 5 saturated carbocycles. The number of ether oxygens (including phenoxy) is 2. The van der Waals surface area contributed by atoms with Gasteiger partial charge in [-0.3, -0.25) is 4.79 Å². The van der Waals surface area contributed by atoms with Crippen LogP contribution in [0.25, 0.3) is 0 Å². The van der Waals surface area contributed by atoms with Gasteiger partial charge in [0, 0.05) is 24.8 Å². The number of esters is 2. The first kappa shape index (κ1) is 43.0.